The van der Waals surface area contributed by atoms with Crippen LogP contribution >= 0.6 is 0 Å². The predicted molar refractivity (Wildman–Crippen MR) is 145 cm³/mol. The maximum absolute atomic E-state index is 12.9. The Morgan fingerprint density at radius 2 is 1.70 bits per heavy atom. The molecular weight excluding hydrogens is 516 g/mol. The third kappa shape index (κ3) is 5.63. The van der Waals surface area contributed by atoms with Crippen LogP contribution in [0.1, 0.15) is 29.8 Å². The largest absolute Gasteiger partial charge is 0.465 e. The van der Waals surface area contributed by atoms with Gasteiger partial charge < -0.3 is 14.2 Å². The van der Waals surface area contributed by atoms with Gasteiger partial charge in [-0.25, -0.2) is 9.59 Å². The van der Waals surface area contributed by atoms with E-state index in [0.717, 1.165) is 22.3 Å². The van der Waals surface area contributed by atoms with Gasteiger partial charge in [0.15, 0.2) is 5.82 Å². The molecule has 0 bridgehead atoms. The number of nitrogens with one attached hydrogen (secondary N) is 1. The van der Waals surface area contributed by atoms with Crippen molar-refractivity contribution in [2.45, 2.75) is 20.4 Å². The highest BCUT2D eigenvalue weighted by molar-refractivity contribution is 6.02. The predicted octanol–water partition coefficient (Wildman–Crippen LogP) is 4.21. The van der Waals surface area contributed by atoms with Crippen LogP contribution in [-0.4, -0.2) is 51.5 Å². The molecule has 40 heavy (non-hydrogen) atoms. The van der Waals surface area contributed by atoms with Gasteiger partial charge >= 0.3 is 17.7 Å². The fraction of sp³-hybridized carbons (Fsp3) is 0.207. The van der Waals surface area contributed by atoms with Gasteiger partial charge in [0.05, 0.1) is 29.7 Å². The van der Waals surface area contributed by atoms with Crippen molar-refractivity contribution in [1.82, 2.24) is 19.7 Å². The molecule has 0 saturated carbocycles. The number of esters is 2. The van der Waals surface area contributed by atoms with E-state index in [1.54, 1.807) is 18.2 Å². The summed E-state index contributed by atoms with van der Waals surface area (Å²) < 4.78 is 22.5. The number of benzene rings is 3. The van der Waals surface area contributed by atoms with Gasteiger partial charge in [0.2, 0.25) is 0 Å². The molecule has 2 heterocycles. The van der Waals surface area contributed by atoms with Crippen LogP contribution in [0.25, 0.3) is 33.5 Å². The standard InChI is InChI=1S/C29H26N4O7/c1-3-37-28-30-24-10-6-9-23(27(35)39-16-15-38-18(2)34)25(24)33(28)17-19-11-13-20(14-12-19)21-7-4-5-8-22(21)26-31-29(36)40-32-26/h4-14H,3,15-17H2,1-2H3,(H,31,32,36). The van der Waals surface area contributed by atoms with Crippen LogP contribution in [0.4, 0.5) is 0 Å². The van der Waals surface area contributed by atoms with E-state index in [1.165, 1.54) is 6.92 Å². The Hall–Kier alpha value is -5.19. The van der Waals surface area contributed by atoms with E-state index in [0.29, 0.717) is 41.6 Å². The van der Waals surface area contributed by atoms with Crippen LogP contribution in [0, 0.1) is 0 Å². The molecule has 0 saturated heterocycles. The maximum atomic E-state index is 12.9. The van der Waals surface area contributed by atoms with E-state index in [1.807, 2.05) is 60.0 Å². The molecule has 0 aliphatic heterocycles. The molecule has 0 amide bonds. The molecule has 0 atom stereocenters. The van der Waals surface area contributed by atoms with Crippen LogP contribution in [-0.2, 0) is 20.8 Å². The zero-order valence-corrected chi connectivity index (χ0v) is 21.9. The molecule has 1 N–H and O–H groups in total. The topological polar surface area (TPSA) is 139 Å². The van der Waals surface area contributed by atoms with E-state index in [-0.39, 0.29) is 13.2 Å². The summed E-state index contributed by atoms with van der Waals surface area (Å²) in [4.78, 5) is 42.6. The average molecular weight is 543 g/mol. The Morgan fingerprint density at radius 1 is 0.950 bits per heavy atom. The average Bonchev–Trinajstić information content (AvgIpc) is 3.54. The van der Waals surface area contributed by atoms with Crippen molar-refractivity contribution in [3.8, 4) is 28.5 Å². The molecule has 0 spiro atoms. The highest BCUT2D eigenvalue weighted by atomic mass is 16.6. The number of para-hydroxylation sites is 1. The summed E-state index contributed by atoms with van der Waals surface area (Å²) in [7, 11) is 0. The van der Waals surface area contributed by atoms with Crippen molar-refractivity contribution in [3.63, 3.8) is 0 Å². The number of aromatic amines is 1. The normalized spacial score (nSPS) is 10.9. The summed E-state index contributed by atoms with van der Waals surface area (Å²) in [6, 6.07) is 21.0. The van der Waals surface area contributed by atoms with Crippen molar-refractivity contribution in [2.24, 2.45) is 0 Å². The molecule has 0 aliphatic carbocycles. The summed E-state index contributed by atoms with van der Waals surface area (Å²) in [6.45, 7) is 3.84. The van der Waals surface area contributed by atoms with Crippen molar-refractivity contribution in [1.29, 1.82) is 0 Å². The fourth-order valence-electron chi connectivity index (χ4n) is 4.37. The number of H-pyrrole nitrogens is 1. The molecule has 11 nitrogen and oxygen atoms in total. The summed E-state index contributed by atoms with van der Waals surface area (Å²) in [5.74, 6) is -1.27. The lowest BCUT2D eigenvalue weighted by Crippen LogP contribution is -2.14. The first kappa shape index (κ1) is 26.4. The van der Waals surface area contributed by atoms with E-state index in [2.05, 4.69) is 19.6 Å². The van der Waals surface area contributed by atoms with Crippen molar-refractivity contribution >= 4 is 23.0 Å². The molecule has 204 valence electrons. The highest BCUT2D eigenvalue weighted by Gasteiger charge is 2.20. The zero-order chi connectivity index (χ0) is 28.1. The van der Waals surface area contributed by atoms with Gasteiger partial charge in [-0.15, -0.1) is 0 Å². The monoisotopic (exact) mass is 542 g/mol. The number of hydrogen-bond acceptors (Lipinski definition) is 9. The van der Waals surface area contributed by atoms with E-state index < -0.39 is 17.7 Å². The van der Waals surface area contributed by atoms with Crippen molar-refractivity contribution in [3.05, 3.63) is 88.4 Å². The SMILES string of the molecule is CCOc1nc2cccc(C(=O)OCCOC(C)=O)c2n1Cc1ccc(-c2ccccc2-c2noc(=O)[nH]2)cc1. The minimum absolute atomic E-state index is 0.0251. The van der Waals surface area contributed by atoms with Crippen LogP contribution in [0.3, 0.4) is 0 Å². The van der Waals surface area contributed by atoms with Crippen LogP contribution in [0.15, 0.2) is 76.0 Å². The number of aromatic nitrogens is 4. The molecule has 5 aromatic rings. The van der Waals surface area contributed by atoms with Crippen molar-refractivity contribution in [2.75, 3.05) is 19.8 Å². The smallest absolute Gasteiger partial charge is 0.439 e. The second-order valence-electron chi connectivity index (χ2n) is 8.75. The van der Waals surface area contributed by atoms with E-state index in [4.69, 9.17) is 14.2 Å². The highest BCUT2D eigenvalue weighted by Crippen LogP contribution is 2.31. The lowest BCUT2D eigenvalue weighted by molar-refractivity contribution is -0.142. The van der Waals surface area contributed by atoms with E-state index in [9.17, 15) is 14.4 Å². The first-order valence-electron chi connectivity index (χ1n) is 12.6. The van der Waals surface area contributed by atoms with Gasteiger partial charge in [0.25, 0.3) is 6.01 Å². The van der Waals surface area contributed by atoms with Gasteiger partial charge in [-0.1, -0.05) is 59.8 Å². The zero-order valence-electron chi connectivity index (χ0n) is 21.9. The fourth-order valence-corrected chi connectivity index (χ4v) is 4.37. The Balaban J connectivity index is 1.45. The first-order chi connectivity index (χ1) is 19.4. The minimum atomic E-state index is -0.620. The molecule has 5 rings (SSSR count). The van der Waals surface area contributed by atoms with Gasteiger partial charge in [-0.2, -0.15) is 4.98 Å². The number of hydrogen-bond donors (Lipinski definition) is 1. The van der Waals surface area contributed by atoms with Gasteiger partial charge in [-0.05, 0) is 35.7 Å². The summed E-state index contributed by atoms with van der Waals surface area (Å²) in [5.41, 5.74) is 4.96. The number of ether oxygens (including phenoxy) is 3. The quantitative estimate of drug-likeness (QED) is 0.203. The number of carbonyl (C=O) groups is 2. The second kappa shape index (κ2) is 11.7. The number of rotatable bonds is 10. The Morgan fingerprint density at radius 3 is 2.40 bits per heavy atom. The van der Waals surface area contributed by atoms with Gasteiger partial charge in [0, 0.05) is 12.5 Å². The van der Waals surface area contributed by atoms with Crippen LogP contribution < -0.4 is 10.5 Å². The lowest BCUT2D eigenvalue weighted by Gasteiger charge is -2.13. The minimum Gasteiger partial charge on any atom is -0.465 e. The summed E-state index contributed by atoms with van der Waals surface area (Å²) in [5, 5.41) is 3.82. The second-order valence-corrected chi connectivity index (χ2v) is 8.75. The molecule has 0 radical (unpaired) electrons. The van der Waals surface area contributed by atoms with Crippen LogP contribution in [0.2, 0.25) is 0 Å². The van der Waals surface area contributed by atoms with Gasteiger partial charge in [0.1, 0.15) is 13.2 Å². The third-order valence-corrected chi connectivity index (χ3v) is 6.07. The first-order valence-corrected chi connectivity index (χ1v) is 12.6. The molecule has 11 heteroatoms. The van der Waals surface area contributed by atoms with Crippen LogP contribution in [0.5, 0.6) is 6.01 Å². The molecule has 2 aromatic heterocycles. The van der Waals surface area contributed by atoms with E-state index >= 15 is 0 Å². The molecule has 0 fully saturated rings. The van der Waals surface area contributed by atoms with Crippen molar-refractivity contribution < 1.29 is 28.3 Å². The number of fused-ring (bicyclic) bond motifs is 1. The Labute approximate surface area is 228 Å². The third-order valence-electron chi connectivity index (χ3n) is 6.07. The van der Waals surface area contributed by atoms with Gasteiger partial charge in [-0.3, -0.25) is 18.9 Å². The molecule has 0 unspecified atom stereocenters. The molecule has 0 aliphatic rings. The number of carbonyl (C=O) groups excluding carboxylic acids is 2. The molecular formula is C29H26N4O7. The summed E-state index contributed by atoms with van der Waals surface area (Å²) >= 11 is 0. The summed E-state index contributed by atoms with van der Waals surface area (Å²) in [6.07, 6.45) is 0. The number of nitrogens with zero attached hydrogens (tertiary/aromatic N) is 3. The Bertz CT molecular complexity index is 1720. The Kier molecular flexibility index (Phi) is 7.72. The molecule has 3 aromatic carbocycles. The maximum Gasteiger partial charge on any atom is 0.439 e. The lowest BCUT2D eigenvalue weighted by atomic mass is 9.98. The number of imidazole rings is 1.